The first-order valence-corrected chi connectivity index (χ1v) is 8.14. The Balaban J connectivity index is 3.72. The van der Waals surface area contributed by atoms with Gasteiger partial charge in [0.1, 0.15) is 6.10 Å². The Bertz CT molecular complexity index is 320. The maximum absolute atomic E-state index is 11.0. The van der Waals surface area contributed by atoms with Crippen LogP contribution in [0.15, 0.2) is 12.7 Å². The highest BCUT2D eigenvalue weighted by Gasteiger charge is 2.12. The molecule has 0 aliphatic rings. The Labute approximate surface area is 140 Å². The fourth-order valence-corrected chi connectivity index (χ4v) is 1.61. The minimum atomic E-state index is -0.447. The molecule has 0 heterocycles. The highest BCUT2D eigenvalue weighted by molar-refractivity contribution is 5.81. The van der Waals surface area contributed by atoms with Crippen molar-refractivity contribution in [3.05, 3.63) is 12.7 Å². The first-order chi connectivity index (χ1) is 10.9. The van der Waals surface area contributed by atoms with Crippen LogP contribution in [0.1, 0.15) is 34.6 Å². The molecule has 4 atom stereocenters. The Morgan fingerprint density at radius 3 is 1.74 bits per heavy atom. The molecule has 0 aromatic carbocycles. The van der Waals surface area contributed by atoms with Crippen LogP contribution in [-0.4, -0.2) is 63.4 Å². The molecule has 6 nitrogen and oxygen atoms in total. The van der Waals surface area contributed by atoms with E-state index in [1.54, 1.807) is 6.92 Å². The lowest BCUT2D eigenvalue weighted by Crippen LogP contribution is -2.28. The fourth-order valence-electron chi connectivity index (χ4n) is 1.61. The average Bonchev–Trinajstić information content (AvgIpc) is 2.53. The molecule has 6 heteroatoms. The van der Waals surface area contributed by atoms with Gasteiger partial charge in [0.05, 0.1) is 44.7 Å². The molecule has 136 valence electrons. The standard InChI is InChI=1S/C17H32O6/c1-7-17(18)23-16(6)12-22-15(5)11-21-14(4)10-20-13(3)9-19-8-2/h7,13-16H,1,8-12H2,2-6H3. The van der Waals surface area contributed by atoms with Gasteiger partial charge >= 0.3 is 5.97 Å². The zero-order valence-electron chi connectivity index (χ0n) is 15.1. The molecule has 0 rings (SSSR count). The minimum absolute atomic E-state index is 0.0267. The van der Waals surface area contributed by atoms with Crippen LogP contribution in [0.2, 0.25) is 0 Å². The fraction of sp³-hybridized carbons (Fsp3) is 0.824. The van der Waals surface area contributed by atoms with Gasteiger partial charge in [-0.1, -0.05) is 6.58 Å². The lowest BCUT2D eigenvalue weighted by molar-refractivity contribution is -0.147. The van der Waals surface area contributed by atoms with Crippen LogP contribution in [0, 0.1) is 0 Å². The quantitative estimate of drug-likeness (QED) is 0.359. The Morgan fingerprint density at radius 2 is 1.30 bits per heavy atom. The molecule has 0 saturated heterocycles. The third-order valence-corrected chi connectivity index (χ3v) is 2.89. The zero-order valence-corrected chi connectivity index (χ0v) is 15.1. The van der Waals surface area contributed by atoms with E-state index in [4.69, 9.17) is 23.7 Å². The van der Waals surface area contributed by atoms with Crippen LogP contribution in [0.3, 0.4) is 0 Å². The van der Waals surface area contributed by atoms with Crippen LogP contribution in [0.5, 0.6) is 0 Å². The van der Waals surface area contributed by atoms with Crippen molar-refractivity contribution in [3.8, 4) is 0 Å². The van der Waals surface area contributed by atoms with Crippen LogP contribution in [0.4, 0.5) is 0 Å². The van der Waals surface area contributed by atoms with Gasteiger partial charge in [-0.05, 0) is 34.6 Å². The molecule has 0 amide bonds. The van der Waals surface area contributed by atoms with E-state index in [0.717, 1.165) is 6.08 Å². The van der Waals surface area contributed by atoms with Crippen molar-refractivity contribution in [3.63, 3.8) is 0 Å². The molecule has 0 aliphatic carbocycles. The topological polar surface area (TPSA) is 63.2 Å². The van der Waals surface area contributed by atoms with Gasteiger partial charge in [0.25, 0.3) is 0 Å². The summed E-state index contributed by atoms with van der Waals surface area (Å²) in [6.45, 7) is 15.5. The Hall–Kier alpha value is -0.950. The first kappa shape index (κ1) is 22.1. The number of carbonyl (C=O) groups excluding carboxylic acids is 1. The Morgan fingerprint density at radius 1 is 0.870 bits per heavy atom. The summed E-state index contributed by atoms with van der Waals surface area (Å²) in [7, 11) is 0. The van der Waals surface area contributed by atoms with Crippen LogP contribution >= 0.6 is 0 Å². The molecule has 4 unspecified atom stereocenters. The number of hydrogen-bond donors (Lipinski definition) is 0. The highest BCUT2D eigenvalue weighted by Crippen LogP contribution is 2.02. The molecule has 0 aromatic rings. The molecule has 0 radical (unpaired) electrons. The van der Waals surface area contributed by atoms with Gasteiger partial charge in [0, 0.05) is 12.7 Å². The summed E-state index contributed by atoms with van der Waals surface area (Å²) >= 11 is 0. The van der Waals surface area contributed by atoms with Crippen molar-refractivity contribution < 1.29 is 28.5 Å². The maximum Gasteiger partial charge on any atom is 0.330 e. The summed E-state index contributed by atoms with van der Waals surface area (Å²) in [5.74, 6) is -0.447. The van der Waals surface area contributed by atoms with E-state index in [0.29, 0.717) is 33.0 Å². The van der Waals surface area contributed by atoms with E-state index in [1.807, 2.05) is 27.7 Å². The van der Waals surface area contributed by atoms with Gasteiger partial charge < -0.3 is 23.7 Å². The van der Waals surface area contributed by atoms with Crippen molar-refractivity contribution >= 4 is 5.97 Å². The van der Waals surface area contributed by atoms with Crippen LogP contribution < -0.4 is 0 Å². The second-order valence-electron chi connectivity index (χ2n) is 5.54. The number of esters is 1. The molecule has 0 saturated carbocycles. The van der Waals surface area contributed by atoms with E-state index in [-0.39, 0.29) is 24.4 Å². The predicted octanol–water partition coefficient (Wildman–Crippen LogP) is 2.36. The maximum atomic E-state index is 11.0. The molecule has 23 heavy (non-hydrogen) atoms. The number of carbonyl (C=O) groups is 1. The van der Waals surface area contributed by atoms with E-state index >= 15 is 0 Å². The summed E-state index contributed by atoms with van der Waals surface area (Å²) in [4.78, 5) is 11.0. The lowest BCUT2D eigenvalue weighted by atomic mass is 10.3. The summed E-state index contributed by atoms with van der Waals surface area (Å²) in [5, 5.41) is 0. The lowest BCUT2D eigenvalue weighted by Gasteiger charge is -2.21. The van der Waals surface area contributed by atoms with Crippen molar-refractivity contribution in [1.29, 1.82) is 0 Å². The molecule has 0 fully saturated rings. The summed E-state index contributed by atoms with van der Waals surface area (Å²) in [5.41, 5.74) is 0. The number of hydrogen-bond acceptors (Lipinski definition) is 6. The molecular weight excluding hydrogens is 300 g/mol. The monoisotopic (exact) mass is 332 g/mol. The summed E-state index contributed by atoms with van der Waals surface area (Å²) < 4.78 is 27.2. The van der Waals surface area contributed by atoms with Crippen molar-refractivity contribution in [2.45, 2.75) is 59.0 Å². The van der Waals surface area contributed by atoms with E-state index in [2.05, 4.69) is 6.58 Å². The minimum Gasteiger partial charge on any atom is -0.457 e. The van der Waals surface area contributed by atoms with Gasteiger partial charge in [-0.3, -0.25) is 0 Å². The summed E-state index contributed by atoms with van der Waals surface area (Å²) in [6.07, 6.45) is 0.750. The van der Waals surface area contributed by atoms with Gasteiger partial charge in [-0.15, -0.1) is 0 Å². The van der Waals surface area contributed by atoms with Crippen molar-refractivity contribution in [2.75, 3.05) is 33.0 Å². The van der Waals surface area contributed by atoms with E-state index < -0.39 is 5.97 Å². The van der Waals surface area contributed by atoms with Gasteiger partial charge in [-0.25, -0.2) is 4.79 Å². The van der Waals surface area contributed by atoms with Gasteiger partial charge in [-0.2, -0.15) is 0 Å². The van der Waals surface area contributed by atoms with Crippen LogP contribution in [-0.2, 0) is 28.5 Å². The number of ether oxygens (including phenoxy) is 5. The van der Waals surface area contributed by atoms with Crippen molar-refractivity contribution in [1.82, 2.24) is 0 Å². The third kappa shape index (κ3) is 13.2. The molecule has 0 aromatic heterocycles. The summed E-state index contributed by atoms with van der Waals surface area (Å²) in [6, 6.07) is 0. The third-order valence-electron chi connectivity index (χ3n) is 2.89. The second kappa shape index (κ2) is 13.5. The molecule has 0 N–H and O–H groups in total. The Kier molecular flexibility index (Phi) is 12.9. The molecule has 0 spiro atoms. The number of rotatable bonds is 14. The molecule has 0 bridgehead atoms. The normalized spacial score (nSPS) is 16.4. The largest absolute Gasteiger partial charge is 0.457 e. The smallest absolute Gasteiger partial charge is 0.330 e. The van der Waals surface area contributed by atoms with Crippen molar-refractivity contribution in [2.24, 2.45) is 0 Å². The average molecular weight is 332 g/mol. The first-order valence-electron chi connectivity index (χ1n) is 8.14. The van der Waals surface area contributed by atoms with Gasteiger partial charge in [0.2, 0.25) is 0 Å². The molecular formula is C17H32O6. The van der Waals surface area contributed by atoms with Crippen LogP contribution in [0.25, 0.3) is 0 Å². The second-order valence-corrected chi connectivity index (χ2v) is 5.54. The van der Waals surface area contributed by atoms with E-state index in [1.165, 1.54) is 0 Å². The SMILES string of the molecule is C=CC(=O)OC(C)COC(C)COC(C)COC(C)COCC. The zero-order chi connectivity index (χ0) is 17.7. The van der Waals surface area contributed by atoms with E-state index in [9.17, 15) is 4.79 Å². The predicted molar refractivity (Wildman–Crippen MR) is 88.5 cm³/mol. The highest BCUT2D eigenvalue weighted by atomic mass is 16.6. The molecule has 0 aliphatic heterocycles. The van der Waals surface area contributed by atoms with Gasteiger partial charge in [0.15, 0.2) is 0 Å².